The van der Waals surface area contributed by atoms with Crippen LogP contribution < -0.4 is 0 Å². The predicted octanol–water partition coefficient (Wildman–Crippen LogP) is 2.21. The molecule has 0 spiro atoms. The van der Waals surface area contributed by atoms with Crippen LogP contribution >= 0.6 is 0 Å². The molecule has 0 unspecified atom stereocenters. The van der Waals surface area contributed by atoms with E-state index in [4.69, 9.17) is 4.74 Å². The number of allylic oxidation sites excluding steroid dienone is 1. The molecule has 0 aliphatic rings. The van der Waals surface area contributed by atoms with E-state index in [-0.39, 0.29) is 16.0 Å². The Bertz CT molecular complexity index is 645. The van der Waals surface area contributed by atoms with Gasteiger partial charge in [0.2, 0.25) is 0 Å². The van der Waals surface area contributed by atoms with Gasteiger partial charge in [-0.05, 0) is 31.5 Å². The molecule has 0 fully saturated rings. The first-order chi connectivity index (χ1) is 9.13. The number of aldehydes is 1. The normalized spacial score (nSPS) is 13.8. The van der Waals surface area contributed by atoms with Crippen LogP contribution in [0.1, 0.15) is 19.4 Å². The van der Waals surface area contributed by atoms with Gasteiger partial charge in [0.1, 0.15) is 5.82 Å². The zero-order valence-electron chi connectivity index (χ0n) is 11.8. The van der Waals surface area contributed by atoms with Crippen LogP contribution in [0.2, 0.25) is 0 Å². The summed E-state index contributed by atoms with van der Waals surface area (Å²) < 4.78 is 42.5. The highest BCUT2D eigenvalue weighted by Gasteiger charge is 2.34. The second kappa shape index (κ2) is 5.85. The van der Waals surface area contributed by atoms with Gasteiger partial charge in [-0.2, -0.15) is 0 Å². The molecule has 4 nitrogen and oxygen atoms in total. The van der Waals surface area contributed by atoms with Gasteiger partial charge in [0, 0.05) is 18.9 Å². The first-order valence-corrected chi connectivity index (χ1v) is 7.73. The highest BCUT2D eigenvalue weighted by atomic mass is 32.2. The third-order valence-corrected chi connectivity index (χ3v) is 4.38. The largest absolute Gasteiger partial charge is 0.373 e. The van der Waals surface area contributed by atoms with Crippen LogP contribution in [-0.4, -0.2) is 33.7 Å². The lowest BCUT2D eigenvalue weighted by atomic mass is 9.99. The first-order valence-electron chi connectivity index (χ1n) is 5.84. The molecule has 0 aromatic heterocycles. The quantitative estimate of drug-likeness (QED) is 0.618. The molecule has 0 amide bonds. The van der Waals surface area contributed by atoms with Gasteiger partial charge in [-0.1, -0.05) is 12.1 Å². The van der Waals surface area contributed by atoms with Crippen LogP contribution in [0, 0.1) is 5.82 Å². The van der Waals surface area contributed by atoms with E-state index in [0.717, 1.165) is 12.3 Å². The van der Waals surface area contributed by atoms with Gasteiger partial charge >= 0.3 is 0 Å². The van der Waals surface area contributed by atoms with Crippen molar-refractivity contribution in [3.8, 4) is 0 Å². The van der Waals surface area contributed by atoms with Crippen LogP contribution in [0.4, 0.5) is 4.39 Å². The molecular weight excluding hydrogens is 283 g/mol. The third kappa shape index (κ3) is 3.52. The van der Waals surface area contributed by atoms with Crippen molar-refractivity contribution in [1.82, 2.24) is 0 Å². The molecule has 1 aromatic rings. The van der Waals surface area contributed by atoms with Gasteiger partial charge in [0.15, 0.2) is 16.1 Å². The molecule has 0 heterocycles. The molecule has 0 aliphatic carbocycles. The van der Waals surface area contributed by atoms with E-state index in [1.807, 2.05) is 0 Å². The fraction of sp³-hybridized carbons (Fsp3) is 0.357. The van der Waals surface area contributed by atoms with Gasteiger partial charge in [-0.25, -0.2) is 12.8 Å². The number of methoxy groups -OCH3 is 1. The van der Waals surface area contributed by atoms with E-state index in [1.54, 1.807) is 0 Å². The van der Waals surface area contributed by atoms with Gasteiger partial charge in [-0.15, -0.1) is 0 Å². The van der Waals surface area contributed by atoms with Crippen molar-refractivity contribution in [3.05, 3.63) is 40.6 Å². The number of sulfone groups is 1. The standard InChI is InChI=1S/C14H17FO4S/c1-14(2,19-3)13(20(4,17)18)12(9-16)10-6-5-7-11(15)8-10/h5-9H,1-4H3/b13-12-. The first kappa shape index (κ1) is 16.5. The minimum Gasteiger partial charge on any atom is -0.373 e. The summed E-state index contributed by atoms with van der Waals surface area (Å²) in [6.07, 6.45) is 1.40. The summed E-state index contributed by atoms with van der Waals surface area (Å²) in [4.78, 5) is 11.2. The minimum absolute atomic E-state index is 0.0983. The van der Waals surface area contributed by atoms with E-state index < -0.39 is 21.3 Å². The molecule has 110 valence electrons. The zero-order chi connectivity index (χ0) is 15.6. The Hall–Kier alpha value is -1.53. The summed E-state index contributed by atoms with van der Waals surface area (Å²) in [7, 11) is -2.36. The average Bonchev–Trinajstić information content (AvgIpc) is 2.33. The maximum absolute atomic E-state index is 13.3. The smallest absolute Gasteiger partial charge is 0.175 e. The second-order valence-corrected chi connectivity index (χ2v) is 6.81. The van der Waals surface area contributed by atoms with Crippen molar-refractivity contribution in [2.75, 3.05) is 13.4 Å². The van der Waals surface area contributed by atoms with Gasteiger partial charge in [0.25, 0.3) is 0 Å². The molecule has 0 aliphatic heterocycles. The molecule has 1 aromatic carbocycles. The van der Waals surface area contributed by atoms with Crippen LogP contribution in [0.5, 0.6) is 0 Å². The van der Waals surface area contributed by atoms with Crippen molar-refractivity contribution in [2.45, 2.75) is 19.4 Å². The zero-order valence-corrected chi connectivity index (χ0v) is 12.6. The summed E-state index contributed by atoms with van der Waals surface area (Å²) in [5.74, 6) is -0.551. The van der Waals surface area contributed by atoms with E-state index in [1.165, 1.54) is 39.2 Å². The van der Waals surface area contributed by atoms with E-state index in [2.05, 4.69) is 0 Å². The Morgan fingerprint density at radius 2 is 1.95 bits per heavy atom. The fourth-order valence-corrected chi connectivity index (χ4v) is 3.51. The number of benzene rings is 1. The predicted molar refractivity (Wildman–Crippen MR) is 75.3 cm³/mol. The number of carbonyl (C=O) groups excluding carboxylic acids is 1. The Labute approximate surface area is 118 Å². The highest BCUT2D eigenvalue weighted by Crippen LogP contribution is 2.31. The Morgan fingerprint density at radius 1 is 1.35 bits per heavy atom. The van der Waals surface area contributed by atoms with Crippen LogP contribution in [0.25, 0.3) is 5.57 Å². The maximum Gasteiger partial charge on any atom is 0.175 e. The van der Waals surface area contributed by atoms with Crippen LogP contribution in [0.3, 0.4) is 0 Å². The van der Waals surface area contributed by atoms with Gasteiger partial charge in [-0.3, -0.25) is 4.79 Å². The number of hydrogen-bond acceptors (Lipinski definition) is 4. The minimum atomic E-state index is -3.71. The molecule has 0 saturated carbocycles. The topological polar surface area (TPSA) is 60.4 Å². The lowest BCUT2D eigenvalue weighted by molar-refractivity contribution is -0.103. The van der Waals surface area contributed by atoms with E-state index in [0.29, 0.717) is 6.29 Å². The Kier molecular flexibility index (Phi) is 4.83. The summed E-state index contributed by atoms with van der Waals surface area (Å²) in [6, 6.07) is 5.21. The molecule has 0 saturated heterocycles. The Balaban J connectivity index is 3.74. The number of halogens is 1. The third-order valence-electron chi connectivity index (χ3n) is 2.93. The fourth-order valence-electron chi connectivity index (χ4n) is 1.97. The van der Waals surface area contributed by atoms with Crippen molar-refractivity contribution >= 4 is 21.7 Å². The molecule has 0 bridgehead atoms. The molecule has 0 atom stereocenters. The lowest BCUT2D eigenvalue weighted by Crippen LogP contribution is -2.31. The lowest BCUT2D eigenvalue weighted by Gasteiger charge is -2.27. The molecule has 1 rings (SSSR count). The molecular formula is C14H17FO4S. The van der Waals surface area contributed by atoms with Crippen LogP contribution in [0.15, 0.2) is 29.2 Å². The van der Waals surface area contributed by atoms with E-state index >= 15 is 0 Å². The number of carbonyl (C=O) groups is 1. The Morgan fingerprint density at radius 3 is 2.35 bits per heavy atom. The van der Waals surface area contributed by atoms with Crippen molar-refractivity contribution in [2.24, 2.45) is 0 Å². The average molecular weight is 300 g/mol. The van der Waals surface area contributed by atoms with E-state index in [9.17, 15) is 17.6 Å². The molecule has 0 radical (unpaired) electrons. The van der Waals surface area contributed by atoms with Crippen molar-refractivity contribution in [3.63, 3.8) is 0 Å². The summed E-state index contributed by atoms with van der Waals surface area (Å²) in [6.45, 7) is 3.07. The van der Waals surface area contributed by atoms with Crippen molar-refractivity contribution < 1.29 is 22.3 Å². The molecule has 6 heteroatoms. The van der Waals surface area contributed by atoms with Gasteiger partial charge < -0.3 is 4.74 Å². The number of ether oxygens (including phenoxy) is 1. The van der Waals surface area contributed by atoms with Crippen molar-refractivity contribution in [1.29, 1.82) is 0 Å². The maximum atomic E-state index is 13.3. The van der Waals surface area contributed by atoms with Crippen LogP contribution in [-0.2, 0) is 19.4 Å². The number of rotatable bonds is 5. The summed E-state index contributed by atoms with van der Waals surface area (Å²) in [5.41, 5.74) is -1.10. The molecule has 0 N–H and O–H groups in total. The summed E-state index contributed by atoms with van der Waals surface area (Å²) >= 11 is 0. The number of hydrogen-bond donors (Lipinski definition) is 0. The summed E-state index contributed by atoms with van der Waals surface area (Å²) in [5, 5.41) is 0. The van der Waals surface area contributed by atoms with Gasteiger partial charge in [0.05, 0.1) is 10.5 Å². The molecule has 20 heavy (non-hydrogen) atoms. The SMILES string of the molecule is COC(C)(C)/C(=C(\C=O)c1cccc(F)c1)S(C)(=O)=O. The highest BCUT2D eigenvalue weighted by molar-refractivity contribution is 7.94. The monoisotopic (exact) mass is 300 g/mol. The second-order valence-electron chi connectivity index (χ2n) is 4.86.